The van der Waals surface area contributed by atoms with Crippen LogP contribution < -0.4 is 4.72 Å². The molecule has 0 radical (unpaired) electrons. The molecule has 29 heavy (non-hydrogen) atoms. The third kappa shape index (κ3) is 4.23. The molecule has 2 fully saturated rings. The van der Waals surface area contributed by atoms with Gasteiger partial charge in [0.2, 0.25) is 0 Å². The Kier molecular flexibility index (Phi) is 6.13. The molecular formula is C23H29ClN2O2S. The lowest BCUT2D eigenvalue weighted by Gasteiger charge is -2.19. The van der Waals surface area contributed by atoms with Crippen molar-refractivity contribution in [3.05, 3.63) is 72.3 Å². The number of rotatable bonds is 7. The van der Waals surface area contributed by atoms with Gasteiger partial charge in [-0.25, -0.2) is 8.42 Å². The van der Waals surface area contributed by atoms with Gasteiger partial charge in [0.15, 0.2) is 0 Å². The molecule has 4 nitrogen and oxygen atoms in total. The average Bonchev–Trinajstić information content (AvgIpc) is 3.24. The number of anilines is 1. The van der Waals surface area contributed by atoms with Crippen LogP contribution in [0.3, 0.4) is 0 Å². The van der Waals surface area contributed by atoms with E-state index in [-0.39, 0.29) is 22.7 Å². The minimum atomic E-state index is -3.58. The average molecular weight is 433 g/mol. The van der Waals surface area contributed by atoms with Crippen LogP contribution in [-0.4, -0.2) is 33.0 Å². The van der Waals surface area contributed by atoms with Gasteiger partial charge in [0.25, 0.3) is 10.0 Å². The normalized spacial score (nSPS) is 23.3. The van der Waals surface area contributed by atoms with E-state index in [1.54, 1.807) is 12.1 Å². The van der Waals surface area contributed by atoms with E-state index in [1.165, 1.54) is 12.0 Å². The molecule has 2 aromatic carbocycles. The number of piperidine rings is 1. The highest BCUT2D eigenvalue weighted by molar-refractivity contribution is 7.92. The number of benzene rings is 2. The maximum absolute atomic E-state index is 12.7. The molecule has 1 aliphatic carbocycles. The van der Waals surface area contributed by atoms with Gasteiger partial charge in [-0.15, -0.1) is 19.0 Å². The van der Waals surface area contributed by atoms with E-state index in [9.17, 15) is 8.42 Å². The van der Waals surface area contributed by atoms with E-state index in [2.05, 4.69) is 42.2 Å². The van der Waals surface area contributed by atoms with Crippen molar-refractivity contribution in [1.82, 2.24) is 4.90 Å². The monoisotopic (exact) mass is 432 g/mol. The molecule has 4 rings (SSSR count). The highest BCUT2D eigenvalue weighted by Crippen LogP contribution is 2.59. The molecule has 156 valence electrons. The Hall–Kier alpha value is -1.82. The van der Waals surface area contributed by atoms with E-state index in [1.807, 2.05) is 30.3 Å². The first-order valence-corrected chi connectivity index (χ1v) is 11.4. The zero-order chi connectivity index (χ0) is 19.9. The standard InChI is InChI=1S/C23H28N2O2S.ClH/c1-4-13-25-15-20-14-23(20,16-25)19-7-9-21(10-8-19)24-28(26,27)22-11-5-18(6-12-22)17(2)3;/h4-12,17,20,24H,1,13-16H2,2-3H3;1H/t20-,23?;/m1./s1. The fourth-order valence-corrected chi connectivity index (χ4v) is 5.53. The summed E-state index contributed by atoms with van der Waals surface area (Å²) in [6.07, 6.45) is 3.19. The number of sulfonamides is 1. The molecule has 2 atom stereocenters. The second-order valence-corrected chi connectivity index (χ2v) is 10.1. The Labute approximate surface area is 180 Å². The molecule has 1 unspecified atom stereocenters. The fourth-order valence-electron chi connectivity index (χ4n) is 4.47. The van der Waals surface area contributed by atoms with Gasteiger partial charge < -0.3 is 0 Å². The molecule has 1 saturated heterocycles. The Morgan fingerprint density at radius 1 is 1.17 bits per heavy atom. The van der Waals surface area contributed by atoms with Gasteiger partial charge in [0, 0.05) is 30.7 Å². The molecule has 1 saturated carbocycles. The molecule has 0 bridgehead atoms. The first kappa shape index (κ1) is 21.9. The third-order valence-electron chi connectivity index (χ3n) is 6.17. The van der Waals surface area contributed by atoms with E-state index in [0.717, 1.165) is 31.1 Å². The quantitative estimate of drug-likeness (QED) is 0.640. The second-order valence-electron chi connectivity index (χ2n) is 8.45. The Bertz CT molecular complexity index is 971. The number of likely N-dealkylation sites (tertiary alicyclic amines) is 1. The summed E-state index contributed by atoms with van der Waals surface area (Å²) < 4.78 is 28.1. The van der Waals surface area contributed by atoms with Crippen molar-refractivity contribution in [2.75, 3.05) is 24.4 Å². The van der Waals surface area contributed by atoms with Crippen LogP contribution in [0, 0.1) is 5.92 Å². The van der Waals surface area contributed by atoms with Gasteiger partial charge >= 0.3 is 0 Å². The fraction of sp³-hybridized carbons (Fsp3) is 0.391. The number of fused-ring (bicyclic) bond motifs is 1. The van der Waals surface area contributed by atoms with Crippen LogP contribution in [0.5, 0.6) is 0 Å². The first-order valence-electron chi connectivity index (χ1n) is 9.91. The van der Waals surface area contributed by atoms with Crippen LogP contribution >= 0.6 is 12.4 Å². The second kappa shape index (κ2) is 8.13. The summed E-state index contributed by atoms with van der Waals surface area (Å²) in [6.45, 7) is 11.2. The molecule has 0 spiro atoms. The van der Waals surface area contributed by atoms with Gasteiger partial charge in [0.05, 0.1) is 4.90 Å². The number of hydrogen-bond donors (Lipinski definition) is 1. The molecule has 1 N–H and O–H groups in total. The van der Waals surface area contributed by atoms with Crippen molar-refractivity contribution >= 4 is 28.1 Å². The summed E-state index contributed by atoms with van der Waals surface area (Å²) in [4.78, 5) is 2.73. The van der Waals surface area contributed by atoms with Gasteiger partial charge in [-0.05, 0) is 53.6 Å². The molecule has 6 heteroatoms. The maximum Gasteiger partial charge on any atom is 0.261 e. The molecule has 0 aromatic heterocycles. The van der Waals surface area contributed by atoms with Crippen LogP contribution in [0.4, 0.5) is 5.69 Å². The molecule has 2 aromatic rings. The maximum atomic E-state index is 12.7. The van der Waals surface area contributed by atoms with E-state index in [0.29, 0.717) is 11.6 Å². The van der Waals surface area contributed by atoms with Crippen molar-refractivity contribution in [2.24, 2.45) is 5.92 Å². The zero-order valence-electron chi connectivity index (χ0n) is 17.0. The lowest BCUT2D eigenvalue weighted by Crippen LogP contribution is -2.26. The Morgan fingerprint density at radius 3 is 2.41 bits per heavy atom. The van der Waals surface area contributed by atoms with Crippen LogP contribution in [0.15, 0.2) is 66.1 Å². The zero-order valence-corrected chi connectivity index (χ0v) is 18.6. The van der Waals surface area contributed by atoms with Crippen molar-refractivity contribution in [3.63, 3.8) is 0 Å². The molecule has 0 amide bonds. The van der Waals surface area contributed by atoms with Crippen LogP contribution in [0.1, 0.15) is 37.3 Å². The van der Waals surface area contributed by atoms with Crippen LogP contribution in [-0.2, 0) is 15.4 Å². The predicted molar refractivity (Wildman–Crippen MR) is 121 cm³/mol. The third-order valence-corrected chi connectivity index (χ3v) is 7.57. The van der Waals surface area contributed by atoms with E-state index >= 15 is 0 Å². The van der Waals surface area contributed by atoms with Crippen molar-refractivity contribution in [3.8, 4) is 0 Å². The van der Waals surface area contributed by atoms with Crippen molar-refractivity contribution in [2.45, 2.75) is 36.5 Å². The SMILES string of the molecule is C=CCN1C[C@H]2CC2(c2ccc(NS(=O)(=O)c3ccc(C(C)C)cc3)cc2)C1.Cl. The van der Waals surface area contributed by atoms with E-state index in [4.69, 9.17) is 0 Å². The number of hydrogen-bond acceptors (Lipinski definition) is 3. The summed E-state index contributed by atoms with van der Waals surface area (Å²) in [7, 11) is -3.58. The van der Waals surface area contributed by atoms with E-state index < -0.39 is 10.0 Å². The van der Waals surface area contributed by atoms with Gasteiger partial charge in [-0.2, -0.15) is 0 Å². The minimum Gasteiger partial charge on any atom is -0.298 e. The summed E-state index contributed by atoms with van der Waals surface area (Å²) in [6, 6.07) is 15.0. The smallest absolute Gasteiger partial charge is 0.261 e. The number of halogens is 1. The number of nitrogens with zero attached hydrogens (tertiary/aromatic N) is 1. The highest BCUT2D eigenvalue weighted by atomic mass is 35.5. The van der Waals surface area contributed by atoms with Crippen molar-refractivity contribution < 1.29 is 8.42 Å². The molecular weight excluding hydrogens is 404 g/mol. The summed E-state index contributed by atoms with van der Waals surface area (Å²) in [5, 5.41) is 0. The molecule has 2 aliphatic rings. The number of nitrogens with one attached hydrogen (secondary N) is 1. The lowest BCUT2D eigenvalue weighted by molar-refractivity contribution is 0.330. The van der Waals surface area contributed by atoms with Gasteiger partial charge in [-0.1, -0.05) is 44.2 Å². The Morgan fingerprint density at radius 2 is 1.83 bits per heavy atom. The van der Waals surface area contributed by atoms with Crippen molar-refractivity contribution in [1.29, 1.82) is 0 Å². The topological polar surface area (TPSA) is 49.4 Å². The first-order chi connectivity index (χ1) is 13.3. The summed E-state index contributed by atoms with van der Waals surface area (Å²) >= 11 is 0. The highest BCUT2D eigenvalue weighted by Gasteiger charge is 2.60. The lowest BCUT2D eigenvalue weighted by atomic mass is 9.95. The Balaban J connectivity index is 0.00000240. The molecule has 1 aliphatic heterocycles. The van der Waals surface area contributed by atoms with Gasteiger partial charge in [-0.3, -0.25) is 9.62 Å². The molecule has 1 heterocycles. The predicted octanol–water partition coefficient (Wildman–Crippen LogP) is 4.79. The van der Waals surface area contributed by atoms with Crippen LogP contribution in [0.2, 0.25) is 0 Å². The van der Waals surface area contributed by atoms with Gasteiger partial charge in [0.1, 0.15) is 0 Å². The summed E-state index contributed by atoms with van der Waals surface area (Å²) in [5.74, 6) is 1.09. The largest absolute Gasteiger partial charge is 0.298 e. The van der Waals surface area contributed by atoms with Crippen LogP contribution in [0.25, 0.3) is 0 Å². The minimum absolute atomic E-state index is 0. The summed E-state index contributed by atoms with van der Waals surface area (Å²) in [5.41, 5.74) is 3.30.